The van der Waals surface area contributed by atoms with Gasteiger partial charge in [0.15, 0.2) is 0 Å². The van der Waals surface area contributed by atoms with E-state index in [4.69, 9.17) is 0 Å². The molecule has 0 radical (unpaired) electrons. The van der Waals surface area contributed by atoms with E-state index >= 15 is 0 Å². The lowest BCUT2D eigenvalue weighted by molar-refractivity contribution is -0.200. The Bertz CT molecular complexity index is 683. The molecule has 6 nitrogen and oxygen atoms in total. The van der Waals surface area contributed by atoms with Gasteiger partial charge in [-0.2, -0.15) is 13.2 Å². The van der Waals surface area contributed by atoms with Crippen LogP contribution in [-0.2, 0) is 25.5 Å². The number of esters is 2. The number of ether oxygens (including phenoxy) is 1. The maximum atomic E-state index is 11.9. The highest BCUT2D eigenvalue weighted by atomic mass is 19.4. The van der Waals surface area contributed by atoms with E-state index in [1.165, 1.54) is 12.3 Å². The number of pyridine rings is 1. The predicted octanol–water partition coefficient (Wildman–Crippen LogP) is 2.00. The number of aryl methyl sites for hydroxylation is 1. The van der Waals surface area contributed by atoms with Crippen LogP contribution >= 0.6 is 0 Å². The van der Waals surface area contributed by atoms with Crippen LogP contribution in [0.3, 0.4) is 0 Å². The van der Waals surface area contributed by atoms with Crippen molar-refractivity contribution in [1.82, 2.24) is 4.98 Å². The lowest BCUT2D eigenvalue weighted by Gasteiger charge is -2.06. The lowest BCUT2D eigenvalue weighted by Crippen LogP contribution is -2.27. The molecule has 0 saturated heterocycles. The van der Waals surface area contributed by atoms with Crippen LogP contribution < -0.4 is 5.32 Å². The Morgan fingerprint density at radius 3 is 2.74 bits per heavy atom. The van der Waals surface area contributed by atoms with Crippen LogP contribution in [0.5, 0.6) is 0 Å². The number of rotatable bonds is 2. The maximum absolute atomic E-state index is 11.9. The Kier molecular flexibility index (Phi) is 4.77. The molecule has 0 bridgehead atoms. The van der Waals surface area contributed by atoms with Crippen molar-refractivity contribution in [2.45, 2.75) is 25.4 Å². The van der Waals surface area contributed by atoms with Crippen molar-refractivity contribution >= 4 is 29.7 Å². The van der Waals surface area contributed by atoms with Crippen molar-refractivity contribution in [3.63, 3.8) is 0 Å². The third-order valence-electron chi connectivity index (χ3n) is 2.93. The number of carbonyl (C=O) groups excluding carboxylic acids is 3. The molecule has 1 amide bonds. The second kappa shape index (κ2) is 6.59. The first-order valence-electron chi connectivity index (χ1n) is 6.55. The number of aromatic nitrogens is 1. The van der Waals surface area contributed by atoms with Gasteiger partial charge in [0, 0.05) is 18.7 Å². The molecule has 0 atom stereocenters. The van der Waals surface area contributed by atoms with Crippen LogP contribution in [0.1, 0.15) is 24.0 Å². The lowest BCUT2D eigenvalue weighted by atomic mass is 10.1. The summed E-state index contributed by atoms with van der Waals surface area (Å²) in [5.74, 6) is -3.74. The van der Waals surface area contributed by atoms with Crippen molar-refractivity contribution in [2.75, 3.05) is 5.32 Å². The molecule has 0 unspecified atom stereocenters. The first-order chi connectivity index (χ1) is 10.8. The van der Waals surface area contributed by atoms with Crippen molar-refractivity contribution < 1.29 is 32.3 Å². The molecule has 1 aromatic heterocycles. The number of halogens is 3. The highest BCUT2D eigenvalue weighted by Crippen LogP contribution is 2.21. The highest BCUT2D eigenvalue weighted by Gasteiger charge is 2.42. The summed E-state index contributed by atoms with van der Waals surface area (Å²) in [6.45, 7) is 0. The Morgan fingerprint density at radius 2 is 2.04 bits per heavy atom. The monoisotopic (exact) mass is 328 g/mol. The van der Waals surface area contributed by atoms with Crippen LogP contribution in [0.4, 0.5) is 19.0 Å². The molecule has 122 valence electrons. The van der Waals surface area contributed by atoms with Crippen molar-refractivity contribution in [3.8, 4) is 0 Å². The molecule has 9 heteroatoms. The van der Waals surface area contributed by atoms with E-state index in [9.17, 15) is 27.6 Å². The van der Waals surface area contributed by atoms with E-state index < -0.39 is 18.1 Å². The molecule has 1 N–H and O–H groups in total. The van der Waals surface area contributed by atoms with Crippen LogP contribution in [0.25, 0.3) is 6.08 Å². The molecule has 0 spiro atoms. The molecule has 23 heavy (non-hydrogen) atoms. The normalized spacial score (nSPS) is 14.8. The standard InChI is InChI=1S/C14H11F3N2O4/c15-14(16,17)13(22)23-11(21)5-4-8-6-9-2-1-3-10(20)19-12(9)18-7-8/h4-7H,1-3H2,(H,18,19,20)/b5-4+. The summed E-state index contributed by atoms with van der Waals surface area (Å²) in [6.07, 6.45) is -0.426. The van der Waals surface area contributed by atoms with E-state index in [1.54, 1.807) is 6.07 Å². The largest absolute Gasteiger partial charge is 0.491 e. The fourth-order valence-corrected chi connectivity index (χ4v) is 1.90. The molecule has 0 fully saturated rings. The van der Waals surface area contributed by atoms with Gasteiger partial charge in [-0.25, -0.2) is 14.6 Å². The van der Waals surface area contributed by atoms with E-state index in [2.05, 4.69) is 15.0 Å². The molecule has 0 saturated carbocycles. The van der Waals surface area contributed by atoms with Gasteiger partial charge in [-0.3, -0.25) is 4.79 Å². The summed E-state index contributed by atoms with van der Waals surface area (Å²) >= 11 is 0. The van der Waals surface area contributed by atoms with E-state index in [1.807, 2.05) is 0 Å². The van der Waals surface area contributed by atoms with Crippen molar-refractivity contribution in [2.24, 2.45) is 0 Å². The molecule has 0 aliphatic carbocycles. The Labute approximate surface area is 128 Å². The zero-order valence-corrected chi connectivity index (χ0v) is 11.6. The van der Waals surface area contributed by atoms with Gasteiger partial charge in [0.05, 0.1) is 0 Å². The molecular formula is C14H11F3N2O4. The van der Waals surface area contributed by atoms with Gasteiger partial charge >= 0.3 is 18.1 Å². The van der Waals surface area contributed by atoms with Gasteiger partial charge in [-0.05, 0) is 36.1 Å². The number of amides is 1. The zero-order valence-electron chi connectivity index (χ0n) is 11.6. The first kappa shape index (κ1) is 16.7. The number of fused-ring (bicyclic) bond motifs is 1. The smallest absolute Gasteiger partial charge is 0.383 e. The van der Waals surface area contributed by atoms with Crippen LogP contribution in [0.15, 0.2) is 18.3 Å². The first-order valence-corrected chi connectivity index (χ1v) is 6.55. The number of anilines is 1. The number of nitrogens with one attached hydrogen (secondary N) is 1. The average Bonchev–Trinajstić information content (AvgIpc) is 2.64. The molecule has 1 aliphatic heterocycles. The summed E-state index contributed by atoms with van der Waals surface area (Å²) in [5.41, 5.74) is 1.18. The highest BCUT2D eigenvalue weighted by molar-refractivity contribution is 5.96. The molecule has 2 rings (SSSR count). The quantitative estimate of drug-likeness (QED) is 0.510. The summed E-state index contributed by atoms with van der Waals surface area (Å²) in [7, 11) is 0. The Balaban J connectivity index is 2.06. The van der Waals surface area contributed by atoms with E-state index in [-0.39, 0.29) is 5.91 Å². The van der Waals surface area contributed by atoms with Gasteiger partial charge in [0.25, 0.3) is 0 Å². The van der Waals surface area contributed by atoms with Crippen molar-refractivity contribution in [3.05, 3.63) is 29.5 Å². The minimum absolute atomic E-state index is 0.145. The minimum atomic E-state index is -5.23. The Morgan fingerprint density at radius 1 is 1.30 bits per heavy atom. The summed E-state index contributed by atoms with van der Waals surface area (Å²) in [4.78, 5) is 37.1. The summed E-state index contributed by atoms with van der Waals surface area (Å²) < 4.78 is 39.4. The predicted molar refractivity (Wildman–Crippen MR) is 72.0 cm³/mol. The van der Waals surface area contributed by atoms with Gasteiger partial charge < -0.3 is 10.1 Å². The van der Waals surface area contributed by atoms with Crippen LogP contribution in [0, 0.1) is 0 Å². The number of hydrogen-bond acceptors (Lipinski definition) is 5. The van der Waals surface area contributed by atoms with Crippen LogP contribution in [-0.4, -0.2) is 29.0 Å². The third-order valence-corrected chi connectivity index (χ3v) is 2.93. The second-order valence-corrected chi connectivity index (χ2v) is 4.72. The van der Waals surface area contributed by atoms with Gasteiger partial charge in [-0.15, -0.1) is 0 Å². The van der Waals surface area contributed by atoms with Crippen molar-refractivity contribution in [1.29, 1.82) is 0 Å². The number of nitrogens with zero attached hydrogens (tertiary/aromatic N) is 1. The number of alkyl halides is 3. The fraction of sp³-hybridized carbons (Fsp3) is 0.286. The van der Waals surface area contributed by atoms with Gasteiger partial charge in [0.2, 0.25) is 5.91 Å². The SMILES string of the molecule is O=C1CCCc2cc(/C=C/C(=O)OC(=O)C(F)(F)F)cnc2N1. The molecular weight excluding hydrogens is 317 g/mol. The fourth-order valence-electron chi connectivity index (χ4n) is 1.90. The van der Waals surface area contributed by atoms with Crippen LogP contribution in [0.2, 0.25) is 0 Å². The molecule has 0 aromatic carbocycles. The molecule has 1 aliphatic rings. The summed E-state index contributed by atoms with van der Waals surface area (Å²) in [5, 5.41) is 2.62. The average molecular weight is 328 g/mol. The second-order valence-electron chi connectivity index (χ2n) is 4.72. The van der Waals surface area contributed by atoms with Gasteiger partial charge in [0.1, 0.15) is 5.82 Å². The Hall–Kier alpha value is -2.71. The van der Waals surface area contributed by atoms with Gasteiger partial charge in [-0.1, -0.05) is 0 Å². The van der Waals surface area contributed by atoms with E-state index in [0.717, 1.165) is 5.56 Å². The topological polar surface area (TPSA) is 85.4 Å². The maximum Gasteiger partial charge on any atom is 0.491 e. The molecule has 2 heterocycles. The number of carbonyl (C=O) groups is 3. The zero-order chi connectivity index (χ0) is 17.0. The summed E-state index contributed by atoms with van der Waals surface area (Å²) in [6, 6.07) is 1.64. The molecule has 1 aromatic rings. The minimum Gasteiger partial charge on any atom is -0.383 e. The third kappa shape index (κ3) is 4.63. The number of hydrogen-bond donors (Lipinski definition) is 1. The van der Waals surface area contributed by atoms with E-state index in [0.29, 0.717) is 36.7 Å².